The van der Waals surface area contributed by atoms with Crippen molar-refractivity contribution in [3.63, 3.8) is 0 Å². The Bertz CT molecular complexity index is 449. The van der Waals surface area contributed by atoms with Crippen LogP contribution in [0.3, 0.4) is 0 Å². The van der Waals surface area contributed by atoms with Gasteiger partial charge < -0.3 is 4.90 Å². The summed E-state index contributed by atoms with van der Waals surface area (Å²) >= 11 is 0. The molecular weight excluding hydrogens is 257 g/mol. The van der Waals surface area contributed by atoms with Crippen molar-refractivity contribution in [2.45, 2.75) is 44.8 Å². The molecule has 2 atom stereocenters. The Morgan fingerprint density at radius 1 is 1.35 bits per heavy atom. The van der Waals surface area contributed by atoms with Crippen LogP contribution in [0.4, 0.5) is 4.39 Å². The summed E-state index contributed by atoms with van der Waals surface area (Å²) in [6.45, 7) is 2.63. The van der Waals surface area contributed by atoms with E-state index in [9.17, 15) is 9.18 Å². The van der Waals surface area contributed by atoms with Gasteiger partial charge in [-0.2, -0.15) is 0 Å². The van der Waals surface area contributed by atoms with Gasteiger partial charge in [-0.1, -0.05) is 25.5 Å². The number of amides is 1. The molecule has 1 aliphatic rings. The largest absolute Gasteiger partial charge is 0.340 e. The third-order valence-corrected chi connectivity index (χ3v) is 3.63. The number of rotatable bonds is 5. The highest BCUT2D eigenvalue weighted by Crippen LogP contribution is 2.13. The predicted octanol–water partition coefficient (Wildman–Crippen LogP) is 1.82. The van der Waals surface area contributed by atoms with Crippen LogP contribution in [0.5, 0.6) is 0 Å². The van der Waals surface area contributed by atoms with E-state index in [0.717, 1.165) is 24.8 Å². The maximum atomic E-state index is 12.8. The summed E-state index contributed by atoms with van der Waals surface area (Å²) in [5, 5.41) is 0. The molecule has 1 fully saturated rings. The average molecular weight is 279 g/mol. The molecule has 0 bridgehead atoms. The van der Waals surface area contributed by atoms with E-state index in [0.29, 0.717) is 12.6 Å². The first kappa shape index (κ1) is 14.9. The molecule has 2 rings (SSSR count). The molecule has 1 aromatic rings. The number of hydrogen-bond acceptors (Lipinski definition) is 3. The minimum atomic E-state index is -0.258. The first-order valence-corrected chi connectivity index (χ1v) is 7.10. The molecule has 1 amide bonds. The summed E-state index contributed by atoms with van der Waals surface area (Å²) < 4.78 is 12.8. The molecule has 0 aromatic heterocycles. The van der Waals surface area contributed by atoms with Crippen LogP contribution >= 0.6 is 0 Å². The maximum Gasteiger partial charge on any atom is 0.241 e. The topological polar surface area (TPSA) is 44.4 Å². The fraction of sp³-hybridized carbons (Fsp3) is 0.533. The highest BCUT2D eigenvalue weighted by Gasteiger charge is 2.30. The monoisotopic (exact) mass is 279 g/mol. The van der Waals surface area contributed by atoms with Gasteiger partial charge in [0, 0.05) is 19.6 Å². The van der Waals surface area contributed by atoms with Crippen LogP contribution < -0.4 is 10.9 Å². The number of carbonyl (C=O) groups is 1. The molecule has 2 N–H and O–H groups in total. The molecule has 1 saturated heterocycles. The Morgan fingerprint density at radius 3 is 2.70 bits per heavy atom. The maximum absolute atomic E-state index is 12.8. The molecular formula is C15H22FN3O. The van der Waals surface area contributed by atoms with Crippen LogP contribution in [0.15, 0.2) is 24.3 Å². The number of likely N-dealkylation sites (N-methyl/N-ethyl adjacent to an activating group) is 1. The number of benzene rings is 1. The van der Waals surface area contributed by atoms with Gasteiger partial charge in [-0.05, 0) is 30.5 Å². The second-order valence-corrected chi connectivity index (χ2v) is 5.38. The Kier molecular flexibility index (Phi) is 5.09. The lowest BCUT2D eigenvalue weighted by molar-refractivity contribution is -0.132. The van der Waals surface area contributed by atoms with Gasteiger partial charge >= 0.3 is 0 Å². The van der Waals surface area contributed by atoms with Crippen molar-refractivity contribution in [2.75, 3.05) is 7.05 Å². The Morgan fingerprint density at radius 2 is 2.05 bits per heavy atom. The Labute approximate surface area is 119 Å². The number of hydrogen-bond donors (Lipinski definition) is 2. The van der Waals surface area contributed by atoms with Crippen molar-refractivity contribution in [3.8, 4) is 0 Å². The average Bonchev–Trinajstić information content (AvgIpc) is 2.89. The van der Waals surface area contributed by atoms with E-state index in [2.05, 4.69) is 17.8 Å². The summed E-state index contributed by atoms with van der Waals surface area (Å²) in [4.78, 5) is 14.0. The molecule has 110 valence electrons. The van der Waals surface area contributed by atoms with E-state index in [-0.39, 0.29) is 17.8 Å². The van der Waals surface area contributed by atoms with Gasteiger partial charge in [-0.3, -0.25) is 10.2 Å². The van der Waals surface area contributed by atoms with Gasteiger partial charge in [0.25, 0.3) is 0 Å². The van der Waals surface area contributed by atoms with E-state index in [1.807, 2.05) is 0 Å². The normalized spacial score (nSPS) is 21.9. The molecule has 1 aliphatic heterocycles. The second kappa shape index (κ2) is 6.81. The third kappa shape index (κ3) is 3.77. The molecule has 1 heterocycles. The highest BCUT2D eigenvalue weighted by atomic mass is 19.1. The molecule has 0 aliphatic carbocycles. The van der Waals surface area contributed by atoms with Crippen LogP contribution in [-0.2, 0) is 11.3 Å². The third-order valence-electron chi connectivity index (χ3n) is 3.63. The van der Waals surface area contributed by atoms with Gasteiger partial charge in [-0.15, -0.1) is 0 Å². The van der Waals surface area contributed by atoms with Crippen molar-refractivity contribution in [1.82, 2.24) is 15.8 Å². The van der Waals surface area contributed by atoms with Crippen LogP contribution in [0, 0.1) is 5.82 Å². The standard InChI is InChI=1S/C15H22FN3O/c1-3-4-13-9-14(18-17-13)15(20)19(2)10-11-5-7-12(16)8-6-11/h5-8,13-14,17-18H,3-4,9-10H2,1-2H3. The second-order valence-electron chi connectivity index (χ2n) is 5.38. The molecule has 4 nitrogen and oxygen atoms in total. The predicted molar refractivity (Wildman–Crippen MR) is 76.2 cm³/mol. The fourth-order valence-corrected chi connectivity index (χ4v) is 2.53. The SMILES string of the molecule is CCCC1CC(C(=O)N(C)Cc2ccc(F)cc2)NN1. The van der Waals surface area contributed by atoms with E-state index < -0.39 is 0 Å². The van der Waals surface area contributed by atoms with Crippen LogP contribution in [-0.4, -0.2) is 29.9 Å². The van der Waals surface area contributed by atoms with Crippen LogP contribution in [0.1, 0.15) is 31.7 Å². The zero-order chi connectivity index (χ0) is 14.5. The first-order valence-electron chi connectivity index (χ1n) is 7.10. The molecule has 20 heavy (non-hydrogen) atoms. The number of carbonyl (C=O) groups excluding carboxylic acids is 1. The smallest absolute Gasteiger partial charge is 0.241 e. The quantitative estimate of drug-likeness (QED) is 0.864. The Hall–Kier alpha value is -1.46. The molecule has 2 unspecified atom stereocenters. The van der Waals surface area contributed by atoms with E-state index in [1.165, 1.54) is 12.1 Å². The minimum Gasteiger partial charge on any atom is -0.340 e. The van der Waals surface area contributed by atoms with E-state index in [1.54, 1.807) is 24.1 Å². The highest BCUT2D eigenvalue weighted by molar-refractivity contribution is 5.81. The summed E-state index contributed by atoms with van der Waals surface area (Å²) in [6.07, 6.45) is 2.99. The zero-order valence-electron chi connectivity index (χ0n) is 12.0. The lowest BCUT2D eigenvalue weighted by atomic mass is 10.1. The Balaban J connectivity index is 1.87. The van der Waals surface area contributed by atoms with Crippen molar-refractivity contribution in [2.24, 2.45) is 0 Å². The van der Waals surface area contributed by atoms with Gasteiger partial charge in [-0.25, -0.2) is 9.82 Å². The molecule has 5 heteroatoms. The van der Waals surface area contributed by atoms with Crippen LogP contribution in [0.2, 0.25) is 0 Å². The van der Waals surface area contributed by atoms with Gasteiger partial charge in [0.15, 0.2) is 0 Å². The molecule has 0 radical (unpaired) electrons. The fourth-order valence-electron chi connectivity index (χ4n) is 2.53. The van der Waals surface area contributed by atoms with Gasteiger partial charge in [0.05, 0.1) is 0 Å². The van der Waals surface area contributed by atoms with Crippen molar-refractivity contribution in [3.05, 3.63) is 35.6 Å². The molecule has 0 saturated carbocycles. The number of hydrazine groups is 1. The van der Waals surface area contributed by atoms with Crippen molar-refractivity contribution in [1.29, 1.82) is 0 Å². The van der Waals surface area contributed by atoms with Crippen molar-refractivity contribution < 1.29 is 9.18 Å². The summed E-state index contributed by atoms with van der Waals surface area (Å²) in [5.74, 6) is -0.188. The minimum absolute atomic E-state index is 0.0698. The first-order chi connectivity index (χ1) is 9.60. The van der Waals surface area contributed by atoms with Gasteiger partial charge in [0.1, 0.15) is 11.9 Å². The molecule has 1 aromatic carbocycles. The molecule has 0 spiro atoms. The lowest BCUT2D eigenvalue weighted by Crippen LogP contribution is -2.43. The zero-order valence-corrected chi connectivity index (χ0v) is 12.0. The lowest BCUT2D eigenvalue weighted by Gasteiger charge is -2.21. The van der Waals surface area contributed by atoms with E-state index in [4.69, 9.17) is 0 Å². The summed E-state index contributed by atoms with van der Waals surface area (Å²) in [6, 6.07) is 6.45. The summed E-state index contributed by atoms with van der Waals surface area (Å²) in [7, 11) is 1.78. The number of nitrogens with one attached hydrogen (secondary N) is 2. The van der Waals surface area contributed by atoms with Crippen LogP contribution in [0.25, 0.3) is 0 Å². The number of nitrogens with zero attached hydrogens (tertiary/aromatic N) is 1. The summed E-state index contributed by atoms with van der Waals surface area (Å²) in [5.41, 5.74) is 7.16. The van der Waals surface area contributed by atoms with Gasteiger partial charge in [0.2, 0.25) is 5.91 Å². The number of halogens is 1. The van der Waals surface area contributed by atoms with Crippen molar-refractivity contribution >= 4 is 5.91 Å². The van der Waals surface area contributed by atoms with E-state index >= 15 is 0 Å².